The number of nitrogens with zero attached hydrogens (tertiary/aromatic N) is 2. The lowest BCUT2D eigenvalue weighted by Crippen LogP contribution is -2.15. The first-order valence-corrected chi connectivity index (χ1v) is 7.22. The predicted octanol–water partition coefficient (Wildman–Crippen LogP) is 1.96. The fraction of sp³-hybridized carbons (Fsp3) is 0.0909. The molecule has 1 aromatic carbocycles. The lowest BCUT2D eigenvalue weighted by Gasteiger charge is -2.09. The number of sulfonamides is 1. The molecule has 0 spiro atoms. The Hall–Kier alpha value is -1.93. The van der Waals surface area contributed by atoms with Gasteiger partial charge in [-0.1, -0.05) is 11.6 Å². The van der Waals surface area contributed by atoms with Gasteiger partial charge >= 0.3 is 0 Å². The van der Waals surface area contributed by atoms with Gasteiger partial charge < -0.3 is 5.73 Å². The van der Waals surface area contributed by atoms with E-state index in [1.807, 2.05) is 0 Å². The molecule has 0 aliphatic heterocycles. The van der Waals surface area contributed by atoms with E-state index < -0.39 is 15.8 Å². The third-order valence-electron chi connectivity index (χ3n) is 2.44. The van der Waals surface area contributed by atoms with Crippen LogP contribution in [0.5, 0.6) is 0 Å². The summed E-state index contributed by atoms with van der Waals surface area (Å²) in [5.41, 5.74) is 5.31. The quantitative estimate of drug-likeness (QED) is 0.666. The van der Waals surface area contributed by atoms with Gasteiger partial charge in [-0.15, -0.1) is 0 Å². The Kier molecular flexibility index (Phi) is 3.78. The summed E-state index contributed by atoms with van der Waals surface area (Å²) >= 11 is 5.64. The number of nitrogen functional groups attached to an aromatic ring is 1. The van der Waals surface area contributed by atoms with E-state index in [-0.39, 0.29) is 27.1 Å². The minimum Gasteiger partial charge on any atom is -0.396 e. The standard InChI is InChI=1S/C11H10ClFN4O2S/c1-6-2-7(3-8(14)11(6)13)20(18,19)17-10-4-9(12)15-5-16-10/h2-5H,14H2,1H3,(H,15,16,17). The van der Waals surface area contributed by atoms with Crippen LogP contribution >= 0.6 is 11.6 Å². The van der Waals surface area contributed by atoms with Gasteiger partial charge in [0.15, 0.2) is 0 Å². The molecule has 2 aromatic rings. The normalized spacial score (nSPS) is 11.3. The van der Waals surface area contributed by atoms with Crippen LogP contribution in [-0.2, 0) is 10.0 Å². The van der Waals surface area contributed by atoms with Gasteiger partial charge in [-0.2, -0.15) is 0 Å². The Balaban J connectivity index is 2.41. The lowest BCUT2D eigenvalue weighted by molar-refractivity contribution is 0.599. The second-order valence-electron chi connectivity index (χ2n) is 3.97. The molecule has 9 heteroatoms. The van der Waals surface area contributed by atoms with E-state index in [9.17, 15) is 12.8 Å². The Morgan fingerprint density at radius 3 is 2.60 bits per heavy atom. The Morgan fingerprint density at radius 1 is 1.30 bits per heavy atom. The zero-order chi connectivity index (χ0) is 14.9. The third-order valence-corrected chi connectivity index (χ3v) is 3.98. The topological polar surface area (TPSA) is 98.0 Å². The zero-order valence-electron chi connectivity index (χ0n) is 10.3. The van der Waals surface area contributed by atoms with Crippen LogP contribution in [0.3, 0.4) is 0 Å². The highest BCUT2D eigenvalue weighted by atomic mass is 35.5. The van der Waals surface area contributed by atoms with Gasteiger partial charge in [-0.3, -0.25) is 4.72 Å². The zero-order valence-corrected chi connectivity index (χ0v) is 11.8. The minimum atomic E-state index is -3.94. The van der Waals surface area contributed by atoms with E-state index in [1.54, 1.807) is 0 Å². The van der Waals surface area contributed by atoms with Crippen molar-refractivity contribution in [2.75, 3.05) is 10.5 Å². The Bertz CT molecular complexity index is 744. The van der Waals surface area contributed by atoms with Crippen LogP contribution in [0.1, 0.15) is 5.56 Å². The van der Waals surface area contributed by atoms with Crippen molar-refractivity contribution in [1.29, 1.82) is 0 Å². The van der Waals surface area contributed by atoms with Crippen molar-refractivity contribution in [2.24, 2.45) is 0 Å². The van der Waals surface area contributed by atoms with Crippen molar-refractivity contribution in [2.45, 2.75) is 11.8 Å². The summed E-state index contributed by atoms with van der Waals surface area (Å²) in [6, 6.07) is 3.46. The fourth-order valence-corrected chi connectivity index (χ4v) is 2.77. The first kappa shape index (κ1) is 14.5. The molecule has 2 rings (SSSR count). The molecule has 20 heavy (non-hydrogen) atoms. The number of aryl methyl sites for hydroxylation is 1. The molecule has 0 radical (unpaired) electrons. The van der Waals surface area contributed by atoms with Crippen molar-refractivity contribution >= 4 is 33.1 Å². The van der Waals surface area contributed by atoms with Crippen molar-refractivity contribution in [3.05, 3.63) is 41.1 Å². The van der Waals surface area contributed by atoms with Crippen molar-refractivity contribution in [3.63, 3.8) is 0 Å². The van der Waals surface area contributed by atoms with Crippen molar-refractivity contribution in [3.8, 4) is 0 Å². The molecule has 6 nitrogen and oxygen atoms in total. The molecule has 0 saturated carbocycles. The van der Waals surface area contributed by atoms with Crippen LogP contribution in [-0.4, -0.2) is 18.4 Å². The number of aromatic nitrogens is 2. The Labute approximate surface area is 119 Å². The molecule has 1 aromatic heterocycles. The first-order chi connectivity index (χ1) is 9.29. The molecule has 0 fully saturated rings. The molecule has 0 aliphatic rings. The van der Waals surface area contributed by atoms with Crippen molar-refractivity contribution in [1.82, 2.24) is 9.97 Å². The molecule has 0 amide bonds. The highest BCUT2D eigenvalue weighted by Crippen LogP contribution is 2.22. The van der Waals surface area contributed by atoms with Crippen LogP contribution < -0.4 is 10.5 Å². The van der Waals surface area contributed by atoms with E-state index >= 15 is 0 Å². The smallest absolute Gasteiger partial charge is 0.263 e. The first-order valence-electron chi connectivity index (χ1n) is 5.35. The molecule has 3 N–H and O–H groups in total. The minimum absolute atomic E-state index is 0.00514. The SMILES string of the molecule is Cc1cc(S(=O)(=O)Nc2cc(Cl)ncn2)cc(N)c1F. The number of nitrogens with two attached hydrogens (primary N) is 1. The molecule has 0 unspecified atom stereocenters. The molecule has 106 valence electrons. The maximum absolute atomic E-state index is 13.4. The van der Waals surface area contributed by atoms with E-state index in [4.69, 9.17) is 17.3 Å². The van der Waals surface area contributed by atoms with E-state index in [0.717, 1.165) is 12.4 Å². The van der Waals surface area contributed by atoms with Gasteiger partial charge in [0.1, 0.15) is 23.1 Å². The van der Waals surface area contributed by atoms with Gasteiger partial charge in [0, 0.05) is 6.07 Å². The Morgan fingerprint density at radius 2 is 2.00 bits per heavy atom. The van der Waals surface area contributed by atoms with Crippen LogP contribution in [0.4, 0.5) is 15.9 Å². The van der Waals surface area contributed by atoms with Crippen molar-refractivity contribution < 1.29 is 12.8 Å². The maximum Gasteiger partial charge on any atom is 0.263 e. The average Bonchev–Trinajstić information content (AvgIpc) is 2.34. The monoisotopic (exact) mass is 316 g/mol. The molecular formula is C11H10ClFN4O2S. The summed E-state index contributed by atoms with van der Waals surface area (Å²) < 4.78 is 39.9. The predicted molar refractivity (Wildman–Crippen MR) is 73.4 cm³/mol. The van der Waals surface area contributed by atoms with Crippen LogP contribution in [0.2, 0.25) is 5.15 Å². The van der Waals surface area contributed by atoms with Crippen LogP contribution in [0, 0.1) is 12.7 Å². The van der Waals surface area contributed by atoms with Gasteiger partial charge in [0.2, 0.25) is 0 Å². The number of halogens is 2. The fourth-order valence-electron chi connectivity index (χ4n) is 1.50. The molecule has 0 aliphatic carbocycles. The van der Waals surface area contributed by atoms with Gasteiger partial charge in [0.05, 0.1) is 10.6 Å². The maximum atomic E-state index is 13.4. The summed E-state index contributed by atoms with van der Waals surface area (Å²) in [6.45, 7) is 1.42. The van der Waals surface area contributed by atoms with Gasteiger partial charge in [-0.25, -0.2) is 22.8 Å². The number of hydrogen-bond donors (Lipinski definition) is 2. The summed E-state index contributed by atoms with van der Waals surface area (Å²) in [4.78, 5) is 7.19. The molecule has 0 atom stereocenters. The average molecular weight is 317 g/mol. The number of nitrogens with one attached hydrogen (secondary N) is 1. The van der Waals surface area contributed by atoms with Gasteiger partial charge in [0.25, 0.3) is 10.0 Å². The lowest BCUT2D eigenvalue weighted by atomic mass is 10.2. The van der Waals surface area contributed by atoms with Gasteiger partial charge in [-0.05, 0) is 24.6 Å². The second kappa shape index (κ2) is 5.22. The number of hydrogen-bond acceptors (Lipinski definition) is 5. The molecule has 0 bridgehead atoms. The third kappa shape index (κ3) is 2.97. The number of anilines is 2. The second-order valence-corrected chi connectivity index (χ2v) is 6.04. The highest BCUT2D eigenvalue weighted by Gasteiger charge is 2.18. The summed E-state index contributed by atoms with van der Waals surface area (Å²) in [5.74, 6) is -0.639. The molecule has 0 saturated heterocycles. The van der Waals surface area contributed by atoms with Crippen LogP contribution in [0.15, 0.2) is 29.4 Å². The number of rotatable bonds is 3. The molecular weight excluding hydrogens is 307 g/mol. The summed E-state index contributed by atoms with van der Waals surface area (Å²) in [5, 5.41) is 0.0903. The summed E-state index contributed by atoms with van der Waals surface area (Å²) in [6.07, 6.45) is 1.12. The summed E-state index contributed by atoms with van der Waals surface area (Å²) in [7, 11) is -3.94. The highest BCUT2D eigenvalue weighted by molar-refractivity contribution is 7.92. The van der Waals surface area contributed by atoms with E-state index in [0.29, 0.717) is 0 Å². The van der Waals surface area contributed by atoms with E-state index in [2.05, 4.69) is 14.7 Å². The largest absolute Gasteiger partial charge is 0.396 e. The van der Waals surface area contributed by atoms with E-state index in [1.165, 1.54) is 19.1 Å². The molecule has 1 heterocycles. The number of benzene rings is 1. The van der Waals surface area contributed by atoms with Crippen LogP contribution in [0.25, 0.3) is 0 Å².